The summed E-state index contributed by atoms with van der Waals surface area (Å²) < 4.78 is 5.99. The van der Waals surface area contributed by atoms with Crippen LogP contribution >= 0.6 is 0 Å². The highest BCUT2D eigenvalue weighted by atomic mass is 17.1. The van der Waals surface area contributed by atoms with Gasteiger partial charge >= 0.3 is 5.97 Å². The van der Waals surface area contributed by atoms with Crippen LogP contribution in [0.25, 0.3) is 0 Å². The lowest BCUT2D eigenvalue weighted by atomic mass is 10.1. The molecule has 0 N–H and O–H groups in total. The Hall–Kier alpha value is -0.650. The number of quaternary nitrogens is 1. The average molecular weight is 260 g/mol. The van der Waals surface area contributed by atoms with Crippen LogP contribution in [0.15, 0.2) is 0 Å². The molecule has 0 amide bonds. The second-order valence-electron chi connectivity index (χ2n) is 5.26. The highest BCUT2D eigenvalue weighted by molar-refractivity contribution is 5.71. The standard InChI is InChI=1S/C13H27NO4/c1-5-12(2)13(15)17-11-9-14(3,4)8-6-7-10-18-16/h10,12,16H,5-9,11H2,1-4H3/p-1. The Balaban J connectivity index is 3.72. The fourth-order valence-electron chi connectivity index (χ4n) is 1.46. The smallest absolute Gasteiger partial charge is 0.308 e. The lowest BCUT2D eigenvalue weighted by Gasteiger charge is -2.31. The molecule has 0 aliphatic heterocycles. The van der Waals surface area contributed by atoms with Crippen molar-refractivity contribution in [1.82, 2.24) is 0 Å². The number of esters is 1. The molecule has 0 aromatic carbocycles. The fourth-order valence-corrected chi connectivity index (χ4v) is 1.46. The summed E-state index contributed by atoms with van der Waals surface area (Å²) in [4.78, 5) is 15.1. The molecule has 0 saturated heterocycles. The molecule has 0 rings (SSSR count). The number of hydrogen-bond acceptors (Lipinski definition) is 4. The Morgan fingerprint density at radius 2 is 2.06 bits per heavy atom. The van der Waals surface area contributed by atoms with E-state index in [9.17, 15) is 10.1 Å². The summed E-state index contributed by atoms with van der Waals surface area (Å²) in [5, 5.41) is 9.78. The predicted octanol–water partition coefficient (Wildman–Crippen LogP) is 0.886. The van der Waals surface area contributed by atoms with Crippen molar-refractivity contribution in [1.29, 1.82) is 0 Å². The molecule has 0 aliphatic carbocycles. The van der Waals surface area contributed by atoms with Crippen LogP contribution in [0.4, 0.5) is 0 Å². The van der Waals surface area contributed by atoms with Gasteiger partial charge in [-0.3, -0.25) is 4.79 Å². The Kier molecular flexibility index (Phi) is 8.97. The van der Waals surface area contributed by atoms with Crippen molar-refractivity contribution < 1.29 is 24.2 Å². The summed E-state index contributed by atoms with van der Waals surface area (Å²) in [7, 11) is 4.16. The zero-order valence-corrected chi connectivity index (χ0v) is 12.0. The van der Waals surface area contributed by atoms with Gasteiger partial charge in [0.15, 0.2) is 0 Å². The molecular weight excluding hydrogens is 234 g/mol. The normalized spacial score (nSPS) is 13.4. The first-order valence-electron chi connectivity index (χ1n) is 6.52. The summed E-state index contributed by atoms with van der Waals surface area (Å²) >= 11 is 0. The number of ether oxygens (including phenoxy) is 1. The van der Waals surface area contributed by atoms with Crippen LogP contribution in [0.2, 0.25) is 0 Å². The molecule has 0 aromatic heterocycles. The molecular formula is C13H26NO4-. The first-order valence-corrected chi connectivity index (χ1v) is 6.52. The minimum atomic E-state index is -0.120. The third-order valence-corrected chi connectivity index (χ3v) is 3.11. The maximum absolute atomic E-state index is 11.5. The molecule has 5 heteroatoms. The largest absolute Gasteiger partial charge is 0.759 e. The lowest BCUT2D eigenvalue weighted by Crippen LogP contribution is -2.43. The van der Waals surface area contributed by atoms with E-state index < -0.39 is 0 Å². The van der Waals surface area contributed by atoms with Crippen molar-refractivity contribution in [3.05, 3.63) is 6.61 Å². The minimum absolute atomic E-state index is 0.0237. The summed E-state index contributed by atoms with van der Waals surface area (Å²) in [6.07, 6.45) is 2.34. The number of rotatable bonds is 10. The van der Waals surface area contributed by atoms with E-state index in [2.05, 4.69) is 19.0 Å². The number of likely N-dealkylation sites (N-methyl/N-ethyl adjacent to an activating group) is 1. The minimum Gasteiger partial charge on any atom is -0.759 e. The van der Waals surface area contributed by atoms with Crippen molar-refractivity contribution in [3.8, 4) is 0 Å². The van der Waals surface area contributed by atoms with E-state index in [0.29, 0.717) is 13.0 Å². The monoisotopic (exact) mass is 260 g/mol. The van der Waals surface area contributed by atoms with Crippen molar-refractivity contribution in [3.63, 3.8) is 0 Å². The number of carbonyl (C=O) groups is 1. The van der Waals surface area contributed by atoms with Gasteiger partial charge in [0, 0.05) is 0 Å². The van der Waals surface area contributed by atoms with Gasteiger partial charge < -0.3 is 19.4 Å². The van der Waals surface area contributed by atoms with Crippen molar-refractivity contribution in [2.45, 2.75) is 33.1 Å². The predicted molar refractivity (Wildman–Crippen MR) is 66.9 cm³/mol. The molecule has 0 saturated carbocycles. The number of nitrogens with zero attached hydrogens (tertiary/aromatic N) is 1. The van der Waals surface area contributed by atoms with Gasteiger partial charge in [-0.15, -0.1) is 0 Å². The number of hydrogen-bond donors (Lipinski definition) is 0. The number of carbonyl (C=O) groups excluding carboxylic acids is 1. The van der Waals surface area contributed by atoms with E-state index >= 15 is 0 Å². The Labute approximate surface area is 110 Å². The molecule has 0 bridgehead atoms. The van der Waals surface area contributed by atoms with Crippen LogP contribution in [0.5, 0.6) is 0 Å². The first kappa shape index (κ1) is 17.4. The van der Waals surface area contributed by atoms with Gasteiger partial charge in [-0.05, 0) is 12.8 Å². The Bertz CT molecular complexity index is 231. The van der Waals surface area contributed by atoms with Crippen molar-refractivity contribution >= 4 is 5.97 Å². The van der Waals surface area contributed by atoms with Gasteiger partial charge in [0.05, 0.1) is 26.6 Å². The summed E-state index contributed by atoms with van der Waals surface area (Å²) in [5.74, 6) is -0.144. The van der Waals surface area contributed by atoms with Gasteiger partial charge in [0.1, 0.15) is 13.2 Å². The van der Waals surface area contributed by atoms with Crippen molar-refractivity contribution in [2.24, 2.45) is 5.92 Å². The highest BCUT2D eigenvalue weighted by Gasteiger charge is 2.16. The molecule has 0 aromatic rings. The number of unbranched alkanes of at least 4 members (excludes halogenated alkanes) is 1. The summed E-state index contributed by atoms with van der Waals surface area (Å²) in [6.45, 7) is 7.25. The molecule has 0 radical (unpaired) electrons. The highest BCUT2D eigenvalue weighted by Crippen LogP contribution is 2.06. The Morgan fingerprint density at radius 3 is 2.61 bits per heavy atom. The molecule has 0 fully saturated rings. The summed E-state index contributed by atoms with van der Waals surface area (Å²) in [5.41, 5.74) is 0. The van der Waals surface area contributed by atoms with E-state index in [-0.39, 0.29) is 11.9 Å². The molecule has 0 aliphatic rings. The first-order chi connectivity index (χ1) is 8.43. The van der Waals surface area contributed by atoms with E-state index in [1.165, 1.54) is 6.61 Å². The fraction of sp³-hybridized carbons (Fsp3) is 0.846. The van der Waals surface area contributed by atoms with Crippen molar-refractivity contribution in [2.75, 3.05) is 33.8 Å². The lowest BCUT2D eigenvalue weighted by molar-refractivity contribution is -0.890. The van der Waals surface area contributed by atoms with E-state index in [0.717, 1.165) is 30.4 Å². The maximum atomic E-state index is 11.5. The topological polar surface area (TPSA) is 58.6 Å². The second kappa shape index (κ2) is 9.30. The molecule has 0 spiro atoms. The molecule has 1 unspecified atom stereocenters. The van der Waals surface area contributed by atoms with Gasteiger partial charge in [-0.2, -0.15) is 6.42 Å². The zero-order chi connectivity index (χ0) is 14.0. The quantitative estimate of drug-likeness (QED) is 0.146. The van der Waals surface area contributed by atoms with Crippen LogP contribution < -0.4 is 5.26 Å². The third kappa shape index (κ3) is 8.44. The Morgan fingerprint density at radius 1 is 1.39 bits per heavy atom. The van der Waals surface area contributed by atoms with Crippen LogP contribution in [-0.4, -0.2) is 44.2 Å². The molecule has 108 valence electrons. The zero-order valence-electron chi connectivity index (χ0n) is 12.0. The maximum Gasteiger partial charge on any atom is 0.308 e. The molecule has 5 nitrogen and oxygen atoms in total. The van der Waals surface area contributed by atoms with Crippen LogP contribution in [0.3, 0.4) is 0 Å². The molecule has 18 heavy (non-hydrogen) atoms. The van der Waals surface area contributed by atoms with E-state index in [4.69, 9.17) is 4.74 Å². The molecule has 0 heterocycles. The molecule has 1 atom stereocenters. The van der Waals surface area contributed by atoms with Gasteiger partial charge in [-0.1, -0.05) is 13.8 Å². The third-order valence-electron chi connectivity index (χ3n) is 3.11. The van der Waals surface area contributed by atoms with Crippen LogP contribution in [0, 0.1) is 12.5 Å². The van der Waals surface area contributed by atoms with Crippen LogP contribution in [-0.2, 0) is 14.4 Å². The van der Waals surface area contributed by atoms with E-state index in [1.807, 2.05) is 13.8 Å². The second-order valence-corrected chi connectivity index (χ2v) is 5.26. The van der Waals surface area contributed by atoms with Gasteiger partial charge in [-0.25, -0.2) is 6.61 Å². The van der Waals surface area contributed by atoms with Crippen LogP contribution in [0.1, 0.15) is 33.1 Å². The SMILES string of the molecule is CCC(C)C(=O)OCC[N+](C)(C)CCC[CH-]O[O-]. The average Bonchev–Trinajstić information content (AvgIpc) is 2.33. The van der Waals surface area contributed by atoms with Gasteiger partial charge in [0.25, 0.3) is 0 Å². The van der Waals surface area contributed by atoms with E-state index in [1.54, 1.807) is 0 Å². The van der Waals surface area contributed by atoms with Gasteiger partial charge in [0.2, 0.25) is 0 Å². The summed E-state index contributed by atoms with van der Waals surface area (Å²) in [6, 6.07) is 0.